The molecule has 0 saturated carbocycles. The van der Waals surface area contributed by atoms with Crippen molar-refractivity contribution in [1.29, 1.82) is 0 Å². The number of pyridine rings is 1. The van der Waals surface area contributed by atoms with Crippen LogP contribution >= 0.6 is 11.6 Å². The van der Waals surface area contributed by atoms with Crippen LogP contribution < -0.4 is 14.5 Å². The van der Waals surface area contributed by atoms with Crippen LogP contribution in [0.3, 0.4) is 0 Å². The van der Waals surface area contributed by atoms with Crippen LogP contribution in [0.4, 0.5) is 11.4 Å². The van der Waals surface area contributed by atoms with E-state index in [2.05, 4.69) is 9.88 Å². The van der Waals surface area contributed by atoms with Gasteiger partial charge in [0.25, 0.3) is 11.7 Å². The summed E-state index contributed by atoms with van der Waals surface area (Å²) in [6, 6.07) is 15.0. The van der Waals surface area contributed by atoms with Gasteiger partial charge in [0.05, 0.1) is 24.3 Å². The van der Waals surface area contributed by atoms with Gasteiger partial charge in [0.15, 0.2) is 0 Å². The van der Waals surface area contributed by atoms with Crippen LogP contribution in [0.15, 0.2) is 72.6 Å². The second kappa shape index (κ2) is 10.0. The molecule has 1 N–H and O–H groups in total. The zero-order valence-corrected chi connectivity index (χ0v) is 20.6. The van der Waals surface area contributed by atoms with E-state index in [0.717, 1.165) is 31.6 Å². The van der Waals surface area contributed by atoms with Gasteiger partial charge in [-0.3, -0.25) is 19.5 Å². The van der Waals surface area contributed by atoms with Crippen molar-refractivity contribution in [2.24, 2.45) is 0 Å². The number of nitrogens with zero attached hydrogens (tertiary/aromatic N) is 3. The van der Waals surface area contributed by atoms with E-state index in [0.29, 0.717) is 22.0 Å². The average Bonchev–Trinajstić information content (AvgIpc) is 3.19. The number of benzene rings is 2. The number of anilines is 2. The zero-order valence-electron chi connectivity index (χ0n) is 19.9. The molecule has 3 aromatic rings. The van der Waals surface area contributed by atoms with Gasteiger partial charge in [-0.2, -0.15) is 0 Å². The number of carbonyl (C=O) groups excluding carboxylic acids is 2. The Balaban J connectivity index is 1.62. The first-order valence-corrected chi connectivity index (χ1v) is 12.3. The fourth-order valence-electron chi connectivity index (χ4n) is 4.95. The Morgan fingerprint density at radius 2 is 1.64 bits per heavy atom. The van der Waals surface area contributed by atoms with Crippen molar-refractivity contribution in [1.82, 2.24) is 4.98 Å². The highest BCUT2D eigenvalue weighted by atomic mass is 35.5. The van der Waals surface area contributed by atoms with Crippen LogP contribution in [-0.2, 0) is 9.59 Å². The number of carbonyl (C=O) groups is 2. The number of amides is 1. The molecule has 0 spiro atoms. The van der Waals surface area contributed by atoms with Crippen LogP contribution in [0, 0.1) is 0 Å². The molecule has 2 aliphatic rings. The van der Waals surface area contributed by atoms with Gasteiger partial charge in [-0.05, 0) is 79.4 Å². The van der Waals surface area contributed by atoms with Gasteiger partial charge in [-0.15, -0.1) is 0 Å². The summed E-state index contributed by atoms with van der Waals surface area (Å²) in [5.41, 5.74) is 2.50. The molecule has 7 nitrogen and oxygen atoms in total. The van der Waals surface area contributed by atoms with Gasteiger partial charge in [-0.25, -0.2) is 0 Å². The fraction of sp³-hybridized carbons (Fsp3) is 0.250. The first-order valence-electron chi connectivity index (χ1n) is 11.9. The number of methoxy groups -OCH3 is 1. The van der Waals surface area contributed by atoms with Crippen molar-refractivity contribution in [3.8, 4) is 5.75 Å². The third-order valence-corrected chi connectivity index (χ3v) is 6.97. The number of Topliss-reactive ketones (excluding diaryl/α,β-unsaturated/α-hetero) is 1. The van der Waals surface area contributed by atoms with Crippen molar-refractivity contribution < 1.29 is 19.4 Å². The smallest absolute Gasteiger partial charge is 0.300 e. The number of rotatable bonds is 5. The maximum absolute atomic E-state index is 13.4. The van der Waals surface area contributed by atoms with Gasteiger partial charge in [0.1, 0.15) is 11.5 Å². The highest BCUT2D eigenvalue weighted by molar-refractivity contribution is 6.51. The molecule has 1 aromatic heterocycles. The van der Waals surface area contributed by atoms with Gasteiger partial charge < -0.3 is 14.7 Å². The molecule has 2 fully saturated rings. The third-order valence-electron chi connectivity index (χ3n) is 6.73. The summed E-state index contributed by atoms with van der Waals surface area (Å²) in [7, 11) is 1.46. The summed E-state index contributed by atoms with van der Waals surface area (Å²) < 4.78 is 5.39. The van der Waals surface area contributed by atoms with Crippen molar-refractivity contribution in [3.05, 3.63) is 88.7 Å². The van der Waals surface area contributed by atoms with E-state index >= 15 is 0 Å². The lowest BCUT2D eigenvalue weighted by Crippen LogP contribution is -2.30. The predicted molar refractivity (Wildman–Crippen MR) is 140 cm³/mol. The Bertz CT molecular complexity index is 1320. The van der Waals surface area contributed by atoms with Crippen LogP contribution in [0.2, 0.25) is 5.02 Å². The topological polar surface area (TPSA) is 83.0 Å². The van der Waals surface area contributed by atoms with Crippen molar-refractivity contribution >= 4 is 40.4 Å². The number of hydrogen-bond acceptors (Lipinski definition) is 6. The number of ether oxygens (including phenoxy) is 1. The van der Waals surface area contributed by atoms with Crippen LogP contribution in [0.25, 0.3) is 5.76 Å². The number of halogens is 1. The Kier molecular flexibility index (Phi) is 6.65. The van der Waals surface area contributed by atoms with Gasteiger partial charge in [0.2, 0.25) is 0 Å². The quantitative estimate of drug-likeness (QED) is 0.287. The van der Waals surface area contributed by atoms with E-state index < -0.39 is 17.7 Å². The molecule has 5 rings (SSSR count). The van der Waals surface area contributed by atoms with Gasteiger partial charge in [-0.1, -0.05) is 11.6 Å². The summed E-state index contributed by atoms with van der Waals surface area (Å²) in [5.74, 6) is -1.51. The number of piperidine rings is 1. The van der Waals surface area contributed by atoms with E-state index in [4.69, 9.17) is 16.3 Å². The van der Waals surface area contributed by atoms with E-state index in [9.17, 15) is 14.7 Å². The number of aromatic nitrogens is 1. The molecule has 184 valence electrons. The number of aliphatic hydroxyl groups is 1. The van der Waals surface area contributed by atoms with Gasteiger partial charge in [0, 0.05) is 41.9 Å². The fourth-order valence-corrected chi connectivity index (χ4v) is 5.12. The van der Waals surface area contributed by atoms with Crippen LogP contribution in [0.5, 0.6) is 5.75 Å². The van der Waals surface area contributed by atoms with Gasteiger partial charge >= 0.3 is 0 Å². The van der Waals surface area contributed by atoms with Crippen molar-refractivity contribution in [2.75, 3.05) is 30.0 Å². The Morgan fingerprint density at radius 1 is 0.972 bits per heavy atom. The van der Waals surface area contributed by atoms with E-state index in [1.807, 2.05) is 24.3 Å². The number of aliphatic hydroxyl groups excluding tert-OH is 1. The molecule has 2 aliphatic heterocycles. The second-order valence-corrected chi connectivity index (χ2v) is 9.29. The molecule has 0 aliphatic carbocycles. The van der Waals surface area contributed by atoms with Crippen molar-refractivity contribution in [2.45, 2.75) is 25.3 Å². The Labute approximate surface area is 214 Å². The summed E-state index contributed by atoms with van der Waals surface area (Å²) in [5, 5.41) is 11.7. The largest absolute Gasteiger partial charge is 0.507 e. The van der Waals surface area contributed by atoms with Crippen LogP contribution in [0.1, 0.15) is 36.4 Å². The summed E-state index contributed by atoms with van der Waals surface area (Å²) in [6.45, 7) is 2.00. The Morgan fingerprint density at radius 3 is 2.31 bits per heavy atom. The summed E-state index contributed by atoms with van der Waals surface area (Å²) in [4.78, 5) is 34.6. The lowest BCUT2D eigenvalue weighted by molar-refractivity contribution is -0.132. The monoisotopic (exact) mass is 503 g/mol. The third kappa shape index (κ3) is 4.31. The lowest BCUT2D eigenvalue weighted by Gasteiger charge is -2.30. The normalized spacial score (nSPS) is 19.6. The molecule has 3 heterocycles. The molecule has 36 heavy (non-hydrogen) atoms. The molecule has 1 atom stereocenters. The zero-order chi connectivity index (χ0) is 25.2. The molecule has 0 bridgehead atoms. The molecule has 0 radical (unpaired) electrons. The number of hydrogen-bond donors (Lipinski definition) is 1. The molecular weight excluding hydrogens is 478 g/mol. The first-order chi connectivity index (χ1) is 17.5. The van der Waals surface area contributed by atoms with E-state index in [1.54, 1.807) is 36.7 Å². The molecule has 2 aromatic carbocycles. The second-order valence-electron chi connectivity index (χ2n) is 8.86. The van der Waals surface area contributed by atoms with Crippen LogP contribution in [-0.4, -0.2) is 42.0 Å². The Hall–Kier alpha value is -3.84. The maximum atomic E-state index is 13.4. The highest BCUT2D eigenvalue weighted by Crippen LogP contribution is 2.43. The molecule has 8 heteroatoms. The highest BCUT2D eigenvalue weighted by Gasteiger charge is 2.47. The molecule has 2 saturated heterocycles. The maximum Gasteiger partial charge on any atom is 0.300 e. The first kappa shape index (κ1) is 23.9. The van der Waals surface area contributed by atoms with E-state index in [1.165, 1.54) is 24.5 Å². The SMILES string of the molecule is COc1ccc(Cl)cc1/C(O)=C1\C(=O)C(=O)N(c2ccc(N3CCCCC3)cc2)C1c1ccncc1. The molecular formula is C28H26ClN3O4. The summed E-state index contributed by atoms with van der Waals surface area (Å²) >= 11 is 6.18. The lowest BCUT2D eigenvalue weighted by atomic mass is 9.95. The minimum absolute atomic E-state index is 0.0353. The predicted octanol–water partition coefficient (Wildman–Crippen LogP) is 5.36. The summed E-state index contributed by atoms with van der Waals surface area (Å²) in [6.07, 6.45) is 6.74. The molecule has 1 amide bonds. The minimum Gasteiger partial charge on any atom is -0.507 e. The standard InChI is InChI=1S/C28H26ClN3O4/c1-36-23-10-5-19(29)17-22(23)26(33)24-25(18-11-13-30-14-12-18)32(28(35)27(24)34)21-8-6-20(7-9-21)31-15-3-2-4-16-31/h5-14,17,25,33H,2-4,15-16H2,1H3/b26-24+. The average molecular weight is 504 g/mol. The van der Waals surface area contributed by atoms with E-state index in [-0.39, 0.29) is 16.9 Å². The minimum atomic E-state index is -0.850. The molecule has 1 unspecified atom stereocenters. The number of ketones is 1. The van der Waals surface area contributed by atoms with Crippen molar-refractivity contribution in [3.63, 3.8) is 0 Å².